The maximum Gasteiger partial charge on any atom is 0.137 e. The highest BCUT2D eigenvalue weighted by molar-refractivity contribution is 5.92. The normalized spacial score (nSPS) is 22.8. The third-order valence-electron chi connectivity index (χ3n) is 6.35. The molecule has 0 bridgehead atoms. The number of anilines is 2. The highest BCUT2D eigenvalue weighted by Gasteiger charge is 2.27. The van der Waals surface area contributed by atoms with E-state index in [0.717, 1.165) is 67.0 Å². The Labute approximate surface area is 176 Å². The van der Waals surface area contributed by atoms with Gasteiger partial charge < -0.3 is 15.8 Å². The van der Waals surface area contributed by atoms with Crippen LogP contribution in [0.4, 0.5) is 11.6 Å². The number of hydrogen-bond acceptors (Lipinski definition) is 7. The third kappa shape index (κ3) is 4.08. The first-order valence-corrected chi connectivity index (χ1v) is 10.8. The standard InChI is InChI=1S/C23H28N6O/c24-22-14-17(7-8-25-22)16-1-6-21-20(13-16)23(27-15-26-21)28-18-2-4-19(5-3-18)29-9-11-30-12-10-29/h1,6-8,13-15,18-19H,2-5,9-12H2,(H2,24,25)(H,26,27,28)/t18-,19-. The van der Waals surface area contributed by atoms with E-state index < -0.39 is 0 Å². The van der Waals surface area contributed by atoms with Crippen molar-refractivity contribution in [2.75, 3.05) is 37.4 Å². The Morgan fingerprint density at radius 2 is 1.73 bits per heavy atom. The van der Waals surface area contributed by atoms with Gasteiger partial charge >= 0.3 is 0 Å². The summed E-state index contributed by atoms with van der Waals surface area (Å²) in [5.74, 6) is 1.44. The monoisotopic (exact) mass is 404 g/mol. The van der Waals surface area contributed by atoms with Gasteiger partial charge in [0.15, 0.2) is 0 Å². The van der Waals surface area contributed by atoms with Crippen LogP contribution in [-0.2, 0) is 4.74 Å². The minimum Gasteiger partial charge on any atom is -0.384 e. The summed E-state index contributed by atoms with van der Waals surface area (Å²) >= 11 is 0. The van der Waals surface area contributed by atoms with Crippen molar-refractivity contribution in [2.45, 2.75) is 37.8 Å². The van der Waals surface area contributed by atoms with Crippen LogP contribution in [0.2, 0.25) is 0 Å². The lowest BCUT2D eigenvalue weighted by molar-refractivity contribution is 0.00791. The Morgan fingerprint density at radius 1 is 0.933 bits per heavy atom. The summed E-state index contributed by atoms with van der Waals surface area (Å²) in [6.07, 6.45) is 8.16. The van der Waals surface area contributed by atoms with Crippen LogP contribution >= 0.6 is 0 Å². The largest absolute Gasteiger partial charge is 0.384 e. The molecule has 1 saturated carbocycles. The molecule has 0 spiro atoms. The van der Waals surface area contributed by atoms with Gasteiger partial charge in [0.25, 0.3) is 0 Å². The average molecular weight is 405 g/mol. The number of morpholine rings is 1. The topological polar surface area (TPSA) is 89.2 Å². The molecule has 156 valence electrons. The van der Waals surface area contributed by atoms with Crippen LogP contribution in [0.15, 0.2) is 42.9 Å². The van der Waals surface area contributed by atoms with E-state index in [-0.39, 0.29) is 0 Å². The van der Waals surface area contributed by atoms with Crippen LogP contribution < -0.4 is 11.1 Å². The van der Waals surface area contributed by atoms with Gasteiger partial charge in [-0.25, -0.2) is 15.0 Å². The first-order chi connectivity index (χ1) is 14.8. The van der Waals surface area contributed by atoms with E-state index in [1.807, 2.05) is 18.2 Å². The number of fused-ring (bicyclic) bond motifs is 1. The van der Waals surface area contributed by atoms with Crippen LogP contribution in [0.1, 0.15) is 25.7 Å². The van der Waals surface area contributed by atoms with Crippen molar-refractivity contribution in [1.29, 1.82) is 0 Å². The fourth-order valence-corrected chi connectivity index (χ4v) is 4.70. The fraction of sp³-hybridized carbons (Fsp3) is 0.435. The van der Waals surface area contributed by atoms with Gasteiger partial charge in [-0.3, -0.25) is 4.90 Å². The molecule has 7 nitrogen and oxygen atoms in total. The number of nitrogen functional groups attached to an aromatic ring is 1. The van der Waals surface area contributed by atoms with Crippen molar-refractivity contribution in [3.05, 3.63) is 42.9 Å². The Kier molecular flexibility index (Phi) is 5.46. The van der Waals surface area contributed by atoms with Gasteiger partial charge in [0.2, 0.25) is 0 Å². The van der Waals surface area contributed by atoms with Crippen LogP contribution in [-0.4, -0.2) is 58.2 Å². The van der Waals surface area contributed by atoms with Gasteiger partial charge in [-0.2, -0.15) is 0 Å². The molecule has 3 heterocycles. The molecule has 1 aliphatic heterocycles. The summed E-state index contributed by atoms with van der Waals surface area (Å²) in [7, 11) is 0. The van der Waals surface area contributed by atoms with E-state index in [4.69, 9.17) is 10.5 Å². The molecule has 1 aliphatic carbocycles. The van der Waals surface area contributed by atoms with E-state index >= 15 is 0 Å². The molecule has 2 aromatic heterocycles. The van der Waals surface area contributed by atoms with E-state index in [9.17, 15) is 0 Å². The maximum absolute atomic E-state index is 5.87. The molecule has 3 aromatic rings. The van der Waals surface area contributed by atoms with E-state index in [0.29, 0.717) is 17.9 Å². The smallest absolute Gasteiger partial charge is 0.137 e. The number of nitrogens with zero attached hydrogens (tertiary/aromatic N) is 4. The minimum atomic E-state index is 0.445. The van der Waals surface area contributed by atoms with Gasteiger partial charge in [0.05, 0.1) is 18.7 Å². The molecule has 0 atom stereocenters. The van der Waals surface area contributed by atoms with E-state index in [2.05, 4.69) is 37.3 Å². The fourth-order valence-electron chi connectivity index (χ4n) is 4.70. The molecule has 0 radical (unpaired) electrons. The quantitative estimate of drug-likeness (QED) is 0.689. The highest BCUT2D eigenvalue weighted by atomic mass is 16.5. The highest BCUT2D eigenvalue weighted by Crippen LogP contribution is 2.30. The molecule has 1 aromatic carbocycles. The number of benzene rings is 1. The molecular formula is C23H28N6O. The molecule has 2 fully saturated rings. The molecule has 30 heavy (non-hydrogen) atoms. The van der Waals surface area contributed by atoms with E-state index in [1.54, 1.807) is 12.5 Å². The predicted octanol–water partition coefficient (Wildman–Crippen LogP) is 3.33. The summed E-state index contributed by atoms with van der Waals surface area (Å²) in [5.41, 5.74) is 8.95. The number of ether oxygens (including phenoxy) is 1. The zero-order chi connectivity index (χ0) is 20.3. The van der Waals surface area contributed by atoms with Crippen molar-refractivity contribution in [3.8, 4) is 11.1 Å². The maximum atomic E-state index is 5.87. The Balaban J connectivity index is 1.32. The first kappa shape index (κ1) is 19.2. The van der Waals surface area contributed by atoms with Crippen molar-refractivity contribution < 1.29 is 4.74 Å². The molecular weight excluding hydrogens is 376 g/mol. The average Bonchev–Trinajstić information content (AvgIpc) is 2.80. The molecule has 0 amide bonds. The lowest BCUT2D eigenvalue weighted by Gasteiger charge is -2.39. The molecule has 0 unspecified atom stereocenters. The summed E-state index contributed by atoms with van der Waals surface area (Å²) in [6.45, 7) is 3.89. The lowest BCUT2D eigenvalue weighted by atomic mass is 9.90. The van der Waals surface area contributed by atoms with Gasteiger partial charge in [-0.15, -0.1) is 0 Å². The summed E-state index contributed by atoms with van der Waals surface area (Å²) < 4.78 is 5.50. The molecule has 2 aliphatic rings. The van der Waals surface area contributed by atoms with Gasteiger partial charge in [-0.05, 0) is 61.1 Å². The number of hydrogen-bond donors (Lipinski definition) is 2. The van der Waals surface area contributed by atoms with Crippen molar-refractivity contribution in [2.24, 2.45) is 0 Å². The predicted molar refractivity (Wildman–Crippen MR) is 119 cm³/mol. The van der Waals surface area contributed by atoms with E-state index in [1.165, 1.54) is 12.8 Å². The van der Waals surface area contributed by atoms with Crippen LogP contribution in [0.25, 0.3) is 22.0 Å². The summed E-state index contributed by atoms with van der Waals surface area (Å²) in [5, 5.41) is 4.75. The van der Waals surface area contributed by atoms with Crippen molar-refractivity contribution in [3.63, 3.8) is 0 Å². The second kappa shape index (κ2) is 8.53. The number of pyridine rings is 1. The Bertz CT molecular complexity index is 1010. The Morgan fingerprint density at radius 3 is 2.53 bits per heavy atom. The van der Waals surface area contributed by atoms with Crippen molar-refractivity contribution in [1.82, 2.24) is 19.9 Å². The zero-order valence-electron chi connectivity index (χ0n) is 17.1. The minimum absolute atomic E-state index is 0.445. The second-order valence-electron chi connectivity index (χ2n) is 8.22. The third-order valence-corrected chi connectivity index (χ3v) is 6.35. The van der Waals surface area contributed by atoms with Gasteiger partial charge in [0.1, 0.15) is 18.0 Å². The number of nitrogens with two attached hydrogens (primary N) is 1. The number of rotatable bonds is 4. The van der Waals surface area contributed by atoms with Crippen molar-refractivity contribution >= 4 is 22.5 Å². The number of aromatic nitrogens is 3. The molecule has 3 N–H and O–H groups in total. The zero-order valence-corrected chi connectivity index (χ0v) is 17.1. The first-order valence-electron chi connectivity index (χ1n) is 10.8. The Hall–Kier alpha value is -2.77. The molecule has 7 heteroatoms. The second-order valence-corrected chi connectivity index (χ2v) is 8.22. The van der Waals surface area contributed by atoms with Crippen LogP contribution in [0.5, 0.6) is 0 Å². The molecule has 1 saturated heterocycles. The summed E-state index contributed by atoms with van der Waals surface area (Å²) in [6, 6.07) is 11.3. The van der Waals surface area contributed by atoms with Crippen LogP contribution in [0, 0.1) is 0 Å². The molecule has 5 rings (SSSR count). The SMILES string of the molecule is Nc1cc(-c2ccc3ncnc(N[C@H]4CC[C@H](N5CCOCC5)CC4)c3c2)ccn1. The number of nitrogens with one attached hydrogen (secondary N) is 1. The van der Waals surface area contributed by atoms with Crippen LogP contribution in [0.3, 0.4) is 0 Å². The van der Waals surface area contributed by atoms with Gasteiger partial charge in [-0.1, -0.05) is 6.07 Å². The lowest BCUT2D eigenvalue weighted by Crippen LogP contribution is -2.46. The van der Waals surface area contributed by atoms with Gasteiger partial charge in [0, 0.05) is 36.8 Å². The summed E-state index contributed by atoms with van der Waals surface area (Å²) in [4.78, 5) is 15.7.